The molecule has 1 aromatic carbocycles. The summed E-state index contributed by atoms with van der Waals surface area (Å²) in [5.41, 5.74) is 5.11. The van der Waals surface area contributed by atoms with Gasteiger partial charge >= 0.3 is 17.3 Å². The molecule has 0 bridgehead atoms. The van der Waals surface area contributed by atoms with Crippen molar-refractivity contribution in [3.05, 3.63) is 50.2 Å². The standard InChI is InChI=1S/C11H9N5O5/c1-6-2-3-9(7(4-6)15(17)18)21-10-8(16(19)20)5-13-11(12)14-10/h2-5H,1H3,(H2,12,13,14). The van der Waals surface area contributed by atoms with Crippen molar-refractivity contribution in [3.8, 4) is 11.6 Å². The second kappa shape index (κ2) is 5.36. The van der Waals surface area contributed by atoms with Gasteiger partial charge in [0.25, 0.3) is 0 Å². The number of nitro groups is 2. The summed E-state index contributed by atoms with van der Waals surface area (Å²) < 4.78 is 5.18. The van der Waals surface area contributed by atoms with E-state index in [2.05, 4.69) is 9.97 Å². The third-order valence-corrected chi connectivity index (χ3v) is 2.47. The largest absolute Gasteiger partial charge is 0.426 e. The smallest absolute Gasteiger partial charge is 0.349 e. The van der Waals surface area contributed by atoms with Crippen LogP contribution in [0.3, 0.4) is 0 Å². The number of rotatable bonds is 4. The Morgan fingerprint density at radius 2 is 1.86 bits per heavy atom. The van der Waals surface area contributed by atoms with Crippen LogP contribution in [0.15, 0.2) is 24.4 Å². The van der Waals surface area contributed by atoms with Gasteiger partial charge in [-0.2, -0.15) is 4.98 Å². The van der Waals surface area contributed by atoms with Crippen LogP contribution in [0.5, 0.6) is 11.6 Å². The van der Waals surface area contributed by atoms with Gasteiger partial charge in [-0.3, -0.25) is 20.2 Å². The molecular formula is C11H9N5O5. The average Bonchev–Trinajstić information content (AvgIpc) is 2.40. The lowest BCUT2D eigenvalue weighted by Gasteiger charge is -2.06. The van der Waals surface area contributed by atoms with E-state index in [1.165, 1.54) is 12.1 Å². The minimum absolute atomic E-state index is 0.174. The van der Waals surface area contributed by atoms with Crippen LogP contribution in [-0.4, -0.2) is 19.8 Å². The summed E-state index contributed by atoms with van der Waals surface area (Å²) >= 11 is 0. The molecule has 0 aliphatic rings. The van der Waals surface area contributed by atoms with Crippen LogP contribution in [0.25, 0.3) is 0 Å². The maximum atomic E-state index is 11.0. The van der Waals surface area contributed by atoms with Crippen LogP contribution in [0.1, 0.15) is 5.56 Å². The summed E-state index contributed by atoms with van der Waals surface area (Å²) in [7, 11) is 0. The minimum Gasteiger partial charge on any atom is -0.426 e. The highest BCUT2D eigenvalue weighted by Gasteiger charge is 2.23. The van der Waals surface area contributed by atoms with Gasteiger partial charge in [-0.15, -0.1) is 0 Å². The molecule has 2 rings (SSSR count). The van der Waals surface area contributed by atoms with E-state index >= 15 is 0 Å². The highest BCUT2D eigenvalue weighted by molar-refractivity contribution is 5.52. The van der Waals surface area contributed by atoms with Gasteiger partial charge in [-0.1, -0.05) is 6.07 Å². The number of hydrogen-bond acceptors (Lipinski definition) is 8. The topological polar surface area (TPSA) is 147 Å². The summed E-state index contributed by atoms with van der Waals surface area (Å²) in [6.45, 7) is 1.67. The van der Waals surface area contributed by atoms with Crippen molar-refractivity contribution in [1.82, 2.24) is 9.97 Å². The van der Waals surface area contributed by atoms with Crippen molar-refractivity contribution < 1.29 is 14.6 Å². The molecule has 21 heavy (non-hydrogen) atoms. The SMILES string of the molecule is Cc1ccc(Oc2nc(N)ncc2[N+](=O)[O-])c([N+](=O)[O-])c1. The van der Waals surface area contributed by atoms with Crippen molar-refractivity contribution in [3.63, 3.8) is 0 Å². The first-order chi connectivity index (χ1) is 9.88. The Morgan fingerprint density at radius 1 is 1.19 bits per heavy atom. The molecule has 10 nitrogen and oxygen atoms in total. The molecule has 0 fully saturated rings. The second-order valence-corrected chi connectivity index (χ2v) is 4.01. The zero-order valence-corrected chi connectivity index (χ0v) is 10.7. The maximum Gasteiger partial charge on any atom is 0.349 e. The number of benzene rings is 1. The molecule has 0 atom stereocenters. The molecule has 1 aromatic heterocycles. The lowest BCUT2D eigenvalue weighted by molar-refractivity contribution is -0.387. The molecule has 10 heteroatoms. The van der Waals surface area contributed by atoms with Crippen molar-refractivity contribution in [1.29, 1.82) is 0 Å². The lowest BCUT2D eigenvalue weighted by Crippen LogP contribution is -2.02. The molecule has 2 aromatic rings. The molecular weight excluding hydrogens is 282 g/mol. The van der Waals surface area contributed by atoms with Crippen molar-refractivity contribution in [2.45, 2.75) is 6.92 Å². The molecule has 0 aliphatic carbocycles. The number of nitrogens with zero attached hydrogens (tertiary/aromatic N) is 4. The summed E-state index contributed by atoms with van der Waals surface area (Å²) in [4.78, 5) is 27.5. The third-order valence-electron chi connectivity index (χ3n) is 2.47. The first kappa shape index (κ1) is 14.1. The molecule has 0 amide bonds. The van der Waals surface area contributed by atoms with E-state index in [-0.39, 0.29) is 17.4 Å². The Kier molecular flexibility index (Phi) is 3.61. The number of aromatic nitrogens is 2. The molecule has 0 aliphatic heterocycles. The molecule has 0 radical (unpaired) electrons. The van der Waals surface area contributed by atoms with E-state index in [1.807, 2.05) is 0 Å². The van der Waals surface area contributed by atoms with E-state index in [0.29, 0.717) is 5.56 Å². The number of ether oxygens (including phenoxy) is 1. The second-order valence-electron chi connectivity index (χ2n) is 4.01. The van der Waals surface area contributed by atoms with Crippen molar-refractivity contribution in [2.75, 3.05) is 5.73 Å². The minimum atomic E-state index is -0.769. The van der Waals surface area contributed by atoms with Gasteiger partial charge in [0.2, 0.25) is 11.7 Å². The highest BCUT2D eigenvalue weighted by atomic mass is 16.6. The molecule has 0 spiro atoms. The lowest BCUT2D eigenvalue weighted by atomic mass is 10.2. The normalized spacial score (nSPS) is 10.1. The fraction of sp³-hybridized carbons (Fsp3) is 0.0909. The Labute approximate surface area is 117 Å². The zero-order valence-electron chi connectivity index (χ0n) is 10.7. The first-order valence-corrected chi connectivity index (χ1v) is 5.58. The number of nitrogens with two attached hydrogens (primary N) is 1. The molecule has 0 saturated carbocycles. The third kappa shape index (κ3) is 3.00. The summed E-state index contributed by atoms with van der Waals surface area (Å²) in [5.74, 6) is -0.878. The van der Waals surface area contributed by atoms with Gasteiger partial charge in [0, 0.05) is 6.07 Å². The van der Waals surface area contributed by atoms with E-state index in [1.54, 1.807) is 13.0 Å². The van der Waals surface area contributed by atoms with Gasteiger partial charge in [0.15, 0.2) is 0 Å². The van der Waals surface area contributed by atoms with Crippen LogP contribution in [0.2, 0.25) is 0 Å². The Balaban J connectivity index is 2.50. The van der Waals surface area contributed by atoms with Crippen LogP contribution in [0, 0.1) is 27.2 Å². The monoisotopic (exact) mass is 291 g/mol. The van der Waals surface area contributed by atoms with Crippen LogP contribution in [0.4, 0.5) is 17.3 Å². The predicted octanol–water partition coefficient (Wildman–Crippen LogP) is 1.98. The fourth-order valence-corrected chi connectivity index (χ4v) is 1.53. The average molecular weight is 291 g/mol. The van der Waals surface area contributed by atoms with E-state index in [9.17, 15) is 20.2 Å². The Morgan fingerprint density at radius 3 is 2.48 bits per heavy atom. The molecule has 0 unspecified atom stereocenters. The molecule has 0 saturated heterocycles. The Bertz CT molecular complexity index is 733. The molecule has 108 valence electrons. The maximum absolute atomic E-state index is 11.0. The van der Waals surface area contributed by atoms with Crippen LogP contribution < -0.4 is 10.5 Å². The van der Waals surface area contributed by atoms with Gasteiger partial charge in [0.1, 0.15) is 6.20 Å². The van der Waals surface area contributed by atoms with Crippen molar-refractivity contribution >= 4 is 17.3 Å². The molecule has 1 heterocycles. The Hall–Kier alpha value is -3.30. The zero-order chi connectivity index (χ0) is 15.6. The summed E-state index contributed by atoms with van der Waals surface area (Å²) in [5, 5.41) is 21.9. The number of aryl methyl sites for hydroxylation is 1. The van der Waals surface area contributed by atoms with Crippen LogP contribution >= 0.6 is 0 Å². The van der Waals surface area contributed by atoms with E-state index in [0.717, 1.165) is 6.20 Å². The number of anilines is 1. The number of nitrogen functional groups attached to an aromatic ring is 1. The summed E-state index contributed by atoms with van der Waals surface area (Å²) in [6.07, 6.45) is 0.873. The van der Waals surface area contributed by atoms with E-state index in [4.69, 9.17) is 10.5 Å². The quantitative estimate of drug-likeness (QED) is 0.663. The molecule has 2 N–H and O–H groups in total. The predicted molar refractivity (Wildman–Crippen MR) is 71.0 cm³/mol. The fourth-order valence-electron chi connectivity index (χ4n) is 1.53. The summed E-state index contributed by atoms with van der Waals surface area (Å²) in [6, 6.07) is 4.18. The van der Waals surface area contributed by atoms with Gasteiger partial charge in [0.05, 0.1) is 9.85 Å². The van der Waals surface area contributed by atoms with Gasteiger partial charge < -0.3 is 10.5 Å². The van der Waals surface area contributed by atoms with Crippen LogP contribution in [-0.2, 0) is 0 Å². The first-order valence-electron chi connectivity index (χ1n) is 5.58. The van der Waals surface area contributed by atoms with Gasteiger partial charge in [-0.25, -0.2) is 4.98 Å². The van der Waals surface area contributed by atoms with Crippen molar-refractivity contribution in [2.24, 2.45) is 0 Å². The highest BCUT2D eigenvalue weighted by Crippen LogP contribution is 2.35. The number of hydrogen-bond donors (Lipinski definition) is 1. The van der Waals surface area contributed by atoms with E-state index < -0.39 is 21.4 Å². The number of nitro benzene ring substituents is 1. The van der Waals surface area contributed by atoms with Gasteiger partial charge in [-0.05, 0) is 18.6 Å².